The van der Waals surface area contributed by atoms with Crippen LogP contribution in [0.15, 0.2) is 305 Å². The molecular formula is C108H87F13N8O12S6. The van der Waals surface area contributed by atoms with Crippen molar-refractivity contribution in [2.45, 2.75) is 63.2 Å². The minimum Gasteiger partial charge on any atom is -0.497 e. The van der Waals surface area contributed by atoms with Crippen LogP contribution in [0.3, 0.4) is 0 Å². The average molecular weight is 2130 g/mol. The molecule has 6 aromatic heterocycles. The molecule has 12 aromatic carbocycles. The van der Waals surface area contributed by atoms with Gasteiger partial charge >= 0.3 is 24.7 Å². The first-order valence-electron chi connectivity index (χ1n) is 44.0. The van der Waals surface area contributed by atoms with Gasteiger partial charge in [-0.2, -0.15) is 52.7 Å². The number of benzene rings is 12. The average Bonchev–Trinajstić information content (AvgIpc) is 1.73. The molecule has 0 radical (unpaired) electrons. The van der Waals surface area contributed by atoms with Gasteiger partial charge in [0.25, 0.3) is 11.4 Å². The van der Waals surface area contributed by atoms with Crippen molar-refractivity contribution in [1.29, 1.82) is 0 Å². The molecule has 0 saturated carbocycles. The number of non-ortho nitro benzene ring substituents is 2. The first kappa shape index (κ1) is 109. The highest BCUT2D eigenvalue weighted by atomic mass is 32.1. The van der Waals surface area contributed by atoms with Crippen molar-refractivity contribution >= 4 is 79.4 Å². The number of aromatic nitrogens is 6. The van der Waals surface area contributed by atoms with Crippen molar-refractivity contribution in [3.8, 4) is 114 Å². The lowest BCUT2D eigenvalue weighted by molar-refractivity contribution is -0.385. The molecule has 0 N–H and O–H groups in total. The fraction of sp³-hybridized carbons (Fsp3) is 0.167. The highest BCUT2D eigenvalue weighted by Gasteiger charge is 2.37. The van der Waals surface area contributed by atoms with E-state index in [9.17, 15) is 77.3 Å². The summed E-state index contributed by atoms with van der Waals surface area (Å²) < 4.78 is 212. The number of nitrogens with zero attached hydrogens (tertiary/aromatic N) is 8. The number of nitro benzene ring substituents is 2. The molecule has 0 atom stereocenters. The van der Waals surface area contributed by atoms with Gasteiger partial charge in [0.2, 0.25) is 0 Å². The zero-order valence-electron chi connectivity index (χ0n) is 79.0. The van der Waals surface area contributed by atoms with E-state index in [1.54, 1.807) is 146 Å². The monoisotopic (exact) mass is 2130 g/mol. The molecule has 147 heavy (non-hydrogen) atoms. The highest BCUT2D eigenvalue weighted by molar-refractivity contribution is 7.11. The van der Waals surface area contributed by atoms with Crippen LogP contribution in [0.5, 0.6) is 46.0 Å². The van der Waals surface area contributed by atoms with Crippen molar-refractivity contribution < 1.29 is 105 Å². The maximum atomic E-state index is 13.1. The molecule has 0 fully saturated rings. The molecule has 0 aliphatic carbocycles. The van der Waals surface area contributed by atoms with Crippen LogP contribution in [0, 0.1) is 26.0 Å². The molecule has 20 nitrogen and oxygen atoms in total. The standard InChI is InChI=1S/C19H16F3NO2S.C19H19NO3S.C18H14F3NOS.C18H16N2O4S.C17H11F4NS.C17H11F3N2O2S/c1-24-16-8-7-13(9-17(16)25-2)15-11-26-18(23-15)10-12-5-3-4-6-14(12)19(20,21)22;1-21-15-6-4-13(5-7-15)17-12-24-19(20-17)11-14-10-16(22-2)8-9-18(14)23-3;1-23-14-8-6-12(7-9-14)16-11-24-17(22-16)10-13-4-2-3-5-15(13)18(19,20)21;1-23-15-6-7-17(24-2)13(9-15)10-18-19-16(11-25-18)12-4-3-5-14(8-12)20(21)22;18-13-7-5-11(6-8-13)15-10-23-16(22-15)9-12-3-1-2-4-14(12)17(19,20)21;18-17(19,20)14-7-2-1-4-11(14)9-16-21-15(10-25-16)12-5-3-6-13(8-12)22(23)24/h3-9,11H,10H2,1-2H3;4-10,12H,11H2,1-3H3;2-9,11H,10H2,1H3;3-9,11H,10H2,1-2H3;1-8,10H,9H2;1-8,10H,9H2. The van der Waals surface area contributed by atoms with E-state index < -0.39 is 56.8 Å². The van der Waals surface area contributed by atoms with Crippen LogP contribution < -0.4 is 37.9 Å². The van der Waals surface area contributed by atoms with Gasteiger partial charge in [-0.1, -0.05) is 97.1 Å². The van der Waals surface area contributed by atoms with Crippen LogP contribution in [-0.4, -0.2) is 96.6 Å². The van der Waals surface area contributed by atoms with Crippen molar-refractivity contribution in [3.05, 3.63) is 417 Å². The molecule has 18 aromatic rings. The van der Waals surface area contributed by atoms with Gasteiger partial charge in [-0.15, -0.1) is 68.0 Å². The summed E-state index contributed by atoms with van der Waals surface area (Å²) >= 11 is 8.36. The second-order valence-corrected chi connectivity index (χ2v) is 37.1. The lowest BCUT2D eigenvalue weighted by Crippen LogP contribution is -2.09. The minimum absolute atomic E-state index is 0.0509. The Bertz CT molecular complexity index is 7440. The zero-order chi connectivity index (χ0) is 105. The van der Waals surface area contributed by atoms with Crippen LogP contribution in [0.4, 0.5) is 68.5 Å². The van der Waals surface area contributed by atoms with Gasteiger partial charge < -0.3 is 37.9 Å². The predicted octanol–water partition coefficient (Wildman–Crippen LogP) is 30.5. The number of thiazole rings is 6. The Morgan fingerprint density at radius 2 is 0.483 bits per heavy atom. The van der Waals surface area contributed by atoms with E-state index >= 15 is 0 Å². The maximum absolute atomic E-state index is 13.1. The van der Waals surface area contributed by atoms with E-state index in [0.29, 0.717) is 67.0 Å². The van der Waals surface area contributed by atoms with Crippen molar-refractivity contribution in [3.63, 3.8) is 0 Å². The second kappa shape index (κ2) is 50.5. The molecule has 6 heterocycles. The van der Waals surface area contributed by atoms with Gasteiger partial charge in [-0.25, -0.2) is 34.3 Å². The fourth-order valence-electron chi connectivity index (χ4n) is 14.7. The smallest absolute Gasteiger partial charge is 0.416 e. The van der Waals surface area contributed by atoms with Gasteiger partial charge in [0.1, 0.15) is 40.3 Å². The number of hydrogen-bond acceptors (Lipinski definition) is 24. The number of hydrogen-bond donors (Lipinski definition) is 0. The van der Waals surface area contributed by atoms with Crippen LogP contribution in [0.2, 0.25) is 0 Å². The van der Waals surface area contributed by atoms with E-state index in [1.807, 2.05) is 113 Å². The first-order chi connectivity index (χ1) is 70.5. The highest BCUT2D eigenvalue weighted by Crippen LogP contribution is 2.43. The molecule has 0 bridgehead atoms. The third kappa shape index (κ3) is 30.2. The molecule has 18 rings (SSSR count). The third-order valence-electron chi connectivity index (χ3n) is 21.9. The normalized spacial score (nSPS) is 11.2. The third-order valence-corrected chi connectivity index (χ3v) is 27.0. The molecule has 0 amide bonds. The van der Waals surface area contributed by atoms with Crippen LogP contribution in [-0.2, 0) is 63.2 Å². The van der Waals surface area contributed by atoms with Gasteiger partial charge in [-0.05, 0) is 174 Å². The SMILES string of the molecule is COc1ccc(-c2csc(Cc3cc(OC)ccc3OC)n2)cc1.COc1ccc(-c2csc(Cc3ccccc3C(F)(F)F)n2)cc1.COc1ccc(-c2csc(Cc3ccccc3C(F)(F)F)n2)cc1OC.COc1ccc(OC)c(Cc2nc(-c3cccc([N+](=O)[O-])c3)cs2)c1.Fc1ccc(-c2csc(Cc3ccccc3C(F)(F)F)n2)cc1.O=[N+]([O-])c1cccc(-c2csc(Cc3ccccc3C(F)(F)F)n2)c1. The summed E-state index contributed by atoms with van der Waals surface area (Å²) in [5, 5.41) is 37.2. The minimum atomic E-state index is -4.42. The molecule has 0 spiro atoms. The van der Waals surface area contributed by atoms with E-state index in [-0.39, 0.29) is 65.1 Å². The molecular weight excluding hydrogens is 2040 g/mol. The van der Waals surface area contributed by atoms with Gasteiger partial charge in [-0.3, -0.25) is 20.2 Å². The van der Waals surface area contributed by atoms with E-state index in [1.165, 1.54) is 142 Å². The Hall–Kier alpha value is -15.3. The number of nitro groups is 2. The topological polar surface area (TPSA) is 237 Å². The summed E-state index contributed by atoms with van der Waals surface area (Å²) in [4.78, 5) is 47.8. The number of ether oxygens (including phenoxy) is 8. The molecule has 758 valence electrons. The van der Waals surface area contributed by atoms with Crippen LogP contribution >= 0.6 is 68.0 Å². The summed E-state index contributed by atoms with van der Waals surface area (Å²) in [7, 11) is 12.9. The Kier molecular flexibility index (Phi) is 37.4. The Labute approximate surface area is 859 Å². The second-order valence-electron chi connectivity index (χ2n) is 31.4. The fourth-order valence-corrected chi connectivity index (χ4v) is 19.6. The Morgan fingerprint density at radius 3 is 0.748 bits per heavy atom. The zero-order valence-corrected chi connectivity index (χ0v) is 83.9. The number of alkyl halides is 12. The Balaban J connectivity index is 0.000000147. The molecule has 0 saturated heterocycles. The van der Waals surface area contributed by atoms with Gasteiger partial charge in [0.05, 0.1) is 153 Å². The lowest BCUT2D eigenvalue weighted by Gasteiger charge is -2.11. The summed E-state index contributed by atoms with van der Waals surface area (Å²) in [5.41, 5.74) is 9.38. The molecule has 0 aliphatic heterocycles. The molecule has 39 heteroatoms. The number of halogens is 13. The quantitative estimate of drug-likeness (QED) is 0.0252. The number of methoxy groups -OCH3 is 8. The molecule has 0 unspecified atom stereocenters. The lowest BCUT2D eigenvalue weighted by atomic mass is 10.0. The van der Waals surface area contributed by atoms with E-state index in [2.05, 4.69) is 30.3 Å². The van der Waals surface area contributed by atoms with Crippen LogP contribution in [0.1, 0.15) is 85.7 Å². The Morgan fingerprint density at radius 1 is 0.245 bits per heavy atom. The molecule has 0 aliphatic rings. The summed E-state index contributed by atoms with van der Waals surface area (Å²) in [6.45, 7) is 0. The van der Waals surface area contributed by atoms with Crippen molar-refractivity contribution in [2.75, 3.05) is 56.9 Å². The largest absolute Gasteiger partial charge is 0.497 e. The van der Waals surface area contributed by atoms with E-state index in [4.69, 9.17) is 42.9 Å². The first-order valence-corrected chi connectivity index (χ1v) is 49.2. The van der Waals surface area contributed by atoms with Gasteiger partial charge in [0, 0.05) is 140 Å². The maximum Gasteiger partial charge on any atom is 0.416 e. The van der Waals surface area contributed by atoms with E-state index in [0.717, 1.165) is 125 Å². The summed E-state index contributed by atoms with van der Waals surface area (Å²) in [5.74, 6) is 5.61. The van der Waals surface area contributed by atoms with Crippen LogP contribution in [0.25, 0.3) is 67.5 Å². The van der Waals surface area contributed by atoms with Crippen molar-refractivity contribution in [1.82, 2.24) is 29.9 Å². The van der Waals surface area contributed by atoms with Gasteiger partial charge in [0.15, 0.2) is 11.5 Å². The van der Waals surface area contributed by atoms with Crippen molar-refractivity contribution in [2.24, 2.45) is 0 Å². The number of rotatable bonds is 28. The predicted molar refractivity (Wildman–Crippen MR) is 546 cm³/mol. The summed E-state index contributed by atoms with van der Waals surface area (Å²) in [6.07, 6.45) is -15.8. The summed E-state index contributed by atoms with van der Waals surface area (Å²) in [6, 6.07) is 72.6.